The lowest BCUT2D eigenvalue weighted by Crippen LogP contribution is -2.17. The molecule has 4 N–H and O–H groups in total. The Kier molecular flexibility index (Phi) is 5.55. The average Bonchev–Trinajstić information content (AvgIpc) is 2.59. The van der Waals surface area contributed by atoms with Crippen molar-refractivity contribution in [3.63, 3.8) is 0 Å². The van der Waals surface area contributed by atoms with Gasteiger partial charge in [-0.15, -0.1) is 0 Å². The predicted octanol–water partition coefficient (Wildman–Crippen LogP) is 4.19. The number of hydrogen-bond acceptors (Lipinski definition) is 6. The van der Waals surface area contributed by atoms with Crippen LogP contribution in [0.25, 0.3) is 0 Å². The van der Waals surface area contributed by atoms with Gasteiger partial charge in [-0.1, -0.05) is 29.8 Å². The van der Waals surface area contributed by atoms with E-state index in [1.54, 1.807) is 12.1 Å². The molecule has 128 valence electrons. The van der Waals surface area contributed by atoms with Gasteiger partial charge in [-0.05, 0) is 41.4 Å². The monoisotopic (exact) mass is 375 g/mol. The molecule has 1 aromatic heterocycles. The fourth-order valence-electron chi connectivity index (χ4n) is 2.11. The predicted molar refractivity (Wildman–Crippen MR) is 100 cm³/mol. The van der Waals surface area contributed by atoms with Gasteiger partial charge in [-0.25, -0.2) is 4.98 Å². The molecule has 25 heavy (non-hydrogen) atoms. The first-order valence-electron chi connectivity index (χ1n) is 7.39. The number of anilines is 3. The quantitative estimate of drug-likeness (QED) is 0.340. The van der Waals surface area contributed by atoms with Gasteiger partial charge in [0.2, 0.25) is 5.28 Å². The highest BCUT2D eigenvalue weighted by Crippen LogP contribution is 2.24. The van der Waals surface area contributed by atoms with Crippen LogP contribution in [0.4, 0.5) is 17.2 Å². The summed E-state index contributed by atoms with van der Waals surface area (Å²) in [4.78, 5) is 13.4. The van der Waals surface area contributed by atoms with Crippen LogP contribution in [-0.4, -0.2) is 9.97 Å². The molecule has 0 saturated heterocycles. The molecule has 1 heterocycles. The zero-order chi connectivity index (χ0) is 17.6. The highest BCUT2D eigenvalue weighted by atomic mass is 35.5. The molecule has 0 atom stereocenters. The molecule has 0 aliphatic carbocycles. The molecule has 0 bridgehead atoms. The van der Waals surface area contributed by atoms with Crippen molar-refractivity contribution in [2.24, 2.45) is 0 Å². The van der Waals surface area contributed by atoms with E-state index < -0.39 is 0 Å². The fraction of sp³-hybridized carbons (Fsp3) is 0.0588. The summed E-state index contributed by atoms with van der Waals surface area (Å²) < 4.78 is 0. The van der Waals surface area contributed by atoms with Crippen molar-refractivity contribution in [3.8, 4) is 5.75 Å². The summed E-state index contributed by atoms with van der Waals surface area (Å²) in [6.45, 7) is 0.503. The first-order valence-corrected chi connectivity index (χ1v) is 8.15. The molecular formula is C17H15Cl2N5O. The number of hydrogen-bond donors (Lipinski definition) is 3. The number of aromatic nitrogens is 2. The van der Waals surface area contributed by atoms with E-state index in [9.17, 15) is 0 Å². The summed E-state index contributed by atoms with van der Waals surface area (Å²) in [5.74, 6) is 1.10. The lowest BCUT2D eigenvalue weighted by atomic mass is 10.2. The van der Waals surface area contributed by atoms with E-state index in [0.717, 1.165) is 11.3 Å². The van der Waals surface area contributed by atoms with Gasteiger partial charge in [0.25, 0.3) is 0 Å². The minimum Gasteiger partial charge on any atom is -0.408 e. The minimum atomic E-state index is 0.125. The molecule has 3 rings (SSSR count). The number of benzene rings is 2. The summed E-state index contributed by atoms with van der Waals surface area (Å²) in [5.41, 5.74) is 11.1. The second-order valence-corrected chi connectivity index (χ2v) is 5.90. The van der Waals surface area contributed by atoms with Crippen molar-refractivity contribution in [1.82, 2.24) is 15.4 Å². The van der Waals surface area contributed by atoms with Gasteiger partial charge < -0.3 is 15.9 Å². The number of nitrogen functional groups attached to an aromatic ring is 1. The Bertz CT molecular complexity index is 875. The Morgan fingerprint density at radius 3 is 2.76 bits per heavy atom. The van der Waals surface area contributed by atoms with E-state index in [4.69, 9.17) is 33.8 Å². The molecule has 0 saturated carbocycles. The van der Waals surface area contributed by atoms with Gasteiger partial charge in [0, 0.05) is 17.4 Å². The SMILES string of the molecule is Nc1cccc(ONCc2cccc(Nc3nc(Cl)ncc3Cl)c2)c1. The summed E-state index contributed by atoms with van der Waals surface area (Å²) in [6, 6.07) is 14.9. The van der Waals surface area contributed by atoms with Gasteiger partial charge >= 0.3 is 0 Å². The zero-order valence-electron chi connectivity index (χ0n) is 13.0. The van der Waals surface area contributed by atoms with Crippen LogP contribution in [-0.2, 0) is 6.54 Å². The van der Waals surface area contributed by atoms with Crippen molar-refractivity contribution < 1.29 is 4.84 Å². The van der Waals surface area contributed by atoms with Crippen LogP contribution in [0.1, 0.15) is 5.56 Å². The number of rotatable bonds is 6. The van der Waals surface area contributed by atoms with Gasteiger partial charge in [0.1, 0.15) is 10.8 Å². The molecular weight excluding hydrogens is 361 g/mol. The van der Waals surface area contributed by atoms with Crippen LogP contribution < -0.4 is 21.4 Å². The lowest BCUT2D eigenvalue weighted by Gasteiger charge is -2.10. The molecule has 6 nitrogen and oxygen atoms in total. The first kappa shape index (κ1) is 17.3. The number of nitrogens with zero attached hydrogens (tertiary/aromatic N) is 2. The van der Waals surface area contributed by atoms with Crippen LogP contribution in [0.15, 0.2) is 54.7 Å². The van der Waals surface area contributed by atoms with E-state index in [1.807, 2.05) is 36.4 Å². The van der Waals surface area contributed by atoms with Crippen LogP contribution in [0.5, 0.6) is 5.75 Å². The first-order chi connectivity index (χ1) is 12.1. The molecule has 0 aliphatic heterocycles. The third kappa shape index (κ3) is 4.96. The smallest absolute Gasteiger partial charge is 0.224 e. The van der Waals surface area contributed by atoms with E-state index in [1.165, 1.54) is 6.20 Å². The number of nitrogens with one attached hydrogen (secondary N) is 2. The Hall–Kier alpha value is -2.54. The van der Waals surface area contributed by atoms with Crippen molar-refractivity contribution in [2.75, 3.05) is 11.1 Å². The number of nitrogens with two attached hydrogens (primary N) is 1. The molecule has 0 unspecified atom stereocenters. The summed E-state index contributed by atoms with van der Waals surface area (Å²) >= 11 is 11.9. The lowest BCUT2D eigenvalue weighted by molar-refractivity contribution is 0.191. The highest BCUT2D eigenvalue weighted by molar-refractivity contribution is 6.33. The van der Waals surface area contributed by atoms with Crippen LogP contribution in [0.3, 0.4) is 0 Å². The van der Waals surface area contributed by atoms with Crippen molar-refractivity contribution in [2.45, 2.75) is 6.54 Å². The second-order valence-electron chi connectivity index (χ2n) is 5.16. The Labute approximate surface area is 154 Å². The normalized spacial score (nSPS) is 10.5. The average molecular weight is 376 g/mol. The highest BCUT2D eigenvalue weighted by Gasteiger charge is 2.05. The van der Waals surface area contributed by atoms with Gasteiger partial charge in [-0.2, -0.15) is 10.5 Å². The largest absolute Gasteiger partial charge is 0.408 e. The van der Waals surface area contributed by atoms with Crippen LogP contribution in [0.2, 0.25) is 10.3 Å². The van der Waals surface area contributed by atoms with E-state index >= 15 is 0 Å². The molecule has 0 amide bonds. The molecule has 0 spiro atoms. The molecule has 2 aromatic carbocycles. The zero-order valence-corrected chi connectivity index (χ0v) is 14.6. The third-order valence-corrected chi connectivity index (χ3v) is 3.69. The van der Waals surface area contributed by atoms with E-state index in [2.05, 4.69) is 20.8 Å². The Morgan fingerprint density at radius 2 is 1.92 bits per heavy atom. The molecule has 0 aliphatic rings. The van der Waals surface area contributed by atoms with Crippen LogP contribution >= 0.6 is 23.2 Å². The van der Waals surface area contributed by atoms with Crippen molar-refractivity contribution in [3.05, 3.63) is 70.6 Å². The third-order valence-electron chi connectivity index (χ3n) is 3.23. The summed E-state index contributed by atoms with van der Waals surface area (Å²) in [6.07, 6.45) is 1.45. The maximum absolute atomic E-state index is 6.06. The topological polar surface area (TPSA) is 85.1 Å². The van der Waals surface area contributed by atoms with E-state index in [0.29, 0.717) is 28.8 Å². The van der Waals surface area contributed by atoms with Gasteiger partial charge in [0.15, 0.2) is 5.82 Å². The number of hydroxylamine groups is 1. The molecule has 8 heteroatoms. The Balaban J connectivity index is 1.62. The van der Waals surface area contributed by atoms with Gasteiger partial charge in [-0.3, -0.25) is 0 Å². The van der Waals surface area contributed by atoms with Crippen LogP contribution in [0, 0.1) is 0 Å². The second kappa shape index (κ2) is 8.02. The summed E-state index contributed by atoms with van der Waals surface area (Å²) in [5, 5.41) is 3.63. The van der Waals surface area contributed by atoms with Crippen molar-refractivity contribution in [1.29, 1.82) is 0 Å². The maximum atomic E-state index is 6.06. The van der Waals surface area contributed by atoms with Gasteiger partial charge in [0.05, 0.1) is 12.7 Å². The number of halogens is 2. The fourth-order valence-corrected chi connectivity index (χ4v) is 2.38. The molecule has 0 fully saturated rings. The van der Waals surface area contributed by atoms with E-state index in [-0.39, 0.29) is 5.28 Å². The Morgan fingerprint density at radius 1 is 1.08 bits per heavy atom. The molecule has 0 radical (unpaired) electrons. The minimum absolute atomic E-state index is 0.125. The maximum Gasteiger partial charge on any atom is 0.224 e. The standard InChI is InChI=1S/C17H15Cl2N5O/c18-15-10-21-17(19)24-16(15)23-13-5-1-3-11(7-13)9-22-25-14-6-2-4-12(20)8-14/h1-8,10,22H,9,20H2,(H,21,23,24). The van der Waals surface area contributed by atoms with Crippen molar-refractivity contribution >= 4 is 40.4 Å². The summed E-state index contributed by atoms with van der Waals surface area (Å²) in [7, 11) is 0. The molecule has 3 aromatic rings.